The van der Waals surface area contributed by atoms with Crippen LogP contribution in [0.3, 0.4) is 0 Å². The van der Waals surface area contributed by atoms with Crippen LogP contribution in [0, 0.1) is 5.92 Å². The van der Waals surface area contributed by atoms with E-state index in [2.05, 4.69) is 9.80 Å². The molecular weight excluding hydrogens is 342 g/mol. The first-order valence-electron chi connectivity index (χ1n) is 9.94. The number of hydrogen-bond donors (Lipinski definition) is 1. The molecule has 6 atom stereocenters. The molecule has 0 radical (unpaired) electrons. The molecule has 4 heterocycles. The van der Waals surface area contributed by atoms with Crippen LogP contribution in [0.15, 0.2) is 0 Å². The molecule has 0 spiro atoms. The van der Waals surface area contributed by atoms with Gasteiger partial charge in [0.1, 0.15) is 18.9 Å². The Morgan fingerprint density at radius 3 is 2.58 bits per heavy atom. The van der Waals surface area contributed by atoms with Gasteiger partial charge >= 0.3 is 5.97 Å². The number of nitrogens with zero attached hydrogens (tertiary/aromatic N) is 2. The monoisotopic (exact) mass is 372 g/mol. The molecule has 1 N–H and O–H groups in total. The number of aliphatic hydroxyl groups is 1. The fourth-order valence-electron chi connectivity index (χ4n) is 6.89. The summed E-state index contributed by atoms with van der Waals surface area (Å²) in [4.78, 5) is 16.9. The second kappa shape index (κ2) is 6.67. The first kappa shape index (κ1) is 18.6. The van der Waals surface area contributed by atoms with Crippen molar-refractivity contribution < 1.29 is 23.4 Å². The van der Waals surface area contributed by atoms with Gasteiger partial charge in [0, 0.05) is 23.7 Å². The van der Waals surface area contributed by atoms with Gasteiger partial charge < -0.3 is 9.84 Å². The Kier molecular flexibility index (Phi) is 4.77. The number of hydrogen-bond acceptors (Lipinski definition) is 5. The predicted molar refractivity (Wildman–Crippen MR) is 92.2 cm³/mol. The minimum atomic E-state index is -0.732. The zero-order valence-corrected chi connectivity index (χ0v) is 15.5. The molecule has 0 bridgehead atoms. The quantitative estimate of drug-likeness (QED) is 0.745. The van der Waals surface area contributed by atoms with Crippen LogP contribution in [0.4, 0.5) is 8.78 Å². The standard InChI is InChI=1S/C19H30F2N2O3/c1-26-17(25)18-6-3-13(10-20)23(18)16(4-7-18)15-9-14(11-21)22-8-2-5-19(15,22)12-24/h13-16,24H,2-12H2,1H3. The van der Waals surface area contributed by atoms with E-state index in [0.717, 1.165) is 25.8 Å². The zero-order valence-electron chi connectivity index (χ0n) is 15.5. The van der Waals surface area contributed by atoms with Gasteiger partial charge in [0.15, 0.2) is 0 Å². The van der Waals surface area contributed by atoms with E-state index in [-0.39, 0.29) is 36.6 Å². The van der Waals surface area contributed by atoms with Crippen LogP contribution in [0.2, 0.25) is 0 Å². The van der Waals surface area contributed by atoms with E-state index >= 15 is 0 Å². The zero-order chi connectivity index (χ0) is 18.5. The fourth-order valence-corrected chi connectivity index (χ4v) is 6.89. The summed E-state index contributed by atoms with van der Waals surface area (Å²) in [5.74, 6) is -0.202. The maximum atomic E-state index is 13.8. The average Bonchev–Trinajstić information content (AvgIpc) is 3.39. The summed E-state index contributed by atoms with van der Waals surface area (Å²) in [6.07, 6.45) is 5.20. The van der Waals surface area contributed by atoms with Gasteiger partial charge in [-0.1, -0.05) is 0 Å². The summed E-state index contributed by atoms with van der Waals surface area (Å²) >= 11 is 0. The highest BCUT2D eigenvalue weighted by Crippen LogP contribution is 2.55. The van der Waals surface area contributed by atoms with Crippen molar-refractivity contribution in [1.29, 1.82) is 0 Å². The van der Waals surface area contributed by atoms with Crippen molar-refractivity contribution in [3.63, 3.8) is 0 Å². The van der Waals surface area contributed by atoms with Crippen molar-refractivity contribution in [3.05, 3.63) is 0 Å². The SMILES string of the molecule is COC(=O)C12CCC(CF)N1C(C1CC(CF)N3CCCC13CO)CC2. The second-order valence-electron chi connectivity index (χ2n) is 8.59. The Balaban J connectivity index is 1.70. The second-order valence-corrected chi connectivity index (χ2v) is 8.59. The van der Waals surface area contributed by atoms with E-state index in [1.165, 1.54) is 7.11 Å². The normalized spacial score (nSPS) is 45.8. The van der Waals surface area contributed by atoms with Crippen molar-refractivity contribution in [1.82, 2.24) is 9.80 Å². The van der Waals surface area contributed by atoms with Gasteiger partial charge in [-0.3, -0.25) is 14.6 Å². The number of aliphatic hydroxyl groups excluding tert-OH is 1. The van der Waals surface area contributed by atoms with Crippen molar-refractivity contribution in [3.8, 4) is 0 Å². The highest BCUT2D eigenvalue weighted by molar-refractivity contribution is 5.82. The van der Waals surface area contributed by atoms with Gasteiger partial charge in [0.2, 0.25) is 0 Å². The van der Waals surface area contributed by atoms with E-state index in [0.29, 0.717) is 25.7 Å². The number of carbonyl (C=O) groups is 1. The first-order valence-corrected chi connectivity index (χ1v) is 9.94. The molecule has 7 heteroatoms. The molecule has 4 fully saturated rings. The molecule has 0 aromatic heterocycles. The molecule has 6 unspecified atom stereocenters. The van der Waals surface area contributed by atoms with Crippen LogP contribution in [0.1, 0.15) is 44.9 Å². The number of alkyl halides is 2. The summed E-state index contributed by atoms with van der Waals surface area (Å²) < 4.78 is 32.6. The van der Waals surface area contributed by atoms with Gasteiger partial charge in [0.25, 0.3) is 0 Å². The van der Waals surface area contributed by atoms with Crippen LogP contribution < -0.4 is 0 Å². The number of fused-ring (bicyclic) bond motifs is 2. The Labute approximate surface area is 153 Å². The van der Waals surface area contributed by atoms with E-state index in [1.54, 1.807) is 0 Å². The van der Waals surface area contributed by atoms with Crippen molar-refractivity contribution in [2.24, 2.45) is 5.92 Å². The molecule has 0 aromatic rings. The molecule has 0 aromatic carbocycles. The molecule has 0 amide bonds. The fraction of sp³-hybridized carbons (Fsp3) is 0.947. The molecule has 4 aliphatic rings. The van der Waals surface area contributed by atoms with Gasteiger partial charge in [0.05, 0.1) is 13.7 Å². The smallest absolute Gasteiger partial charge is 0.326 e. The minimum absolute atomic E-state index is 0.00153. The number of carbonyl (C=O) groups excluding carboxylic acids is 1. The van der Waals surface area contributed by atoms with E-state index in [1.807, 2.05) is 0 Å². The predicted octanol–water partition coefficient (Wildman–Crippen LogP) is 1.68. The molecule has 4 rings (SSSR count). The maximum absolute atomic E-state index is 13.8. The van der Waals surface area contributed by atoms with Gasteiger partial charge in [-0.25, -0.2) is 8.78 Å². The van der Waals surface area contributed by atoms with E-state index in [9.17, 15) is 18.7 Å². The molecule has 26 heavy (non-hydrogen) atoms. The molecule has 148 valence electrons. The van der Waals surface area contributed by atoms with Crippen LogP contribution in [0.5, 0.6) is 0 Å². The summed E-state index contributed by atoms with van der Waals surface area (Å²) in [5, 5.41) is 10.3. The van der Waals surface area contributed by atoms with E-state index < -0.39 is 24.4 Å². The first-order chi connectivity index (χ1) is 12.6. The van der Waals surface area contributed by atoms with Gasteiger partial charge in [-0.2, -0.15) is 0 Å². The lowest BCUT2D eigenvalue weighted by Gasteiger charge is -2.44. The molecule has 5 nitrogen and oxygen atoms in total. The highest BCUT2D eigenvalue weighted by Gasteiger charge is 2.65. The van der Waals surface area contributed by atoms with Crippen LogP contribution in [-0.4, -0.2) is 83.7 Å². The summed E-state index contributed by atoms with van der Waals surface area (Å²) in [6.45, 7) is -0.0823. The number of rotatable bonds is 5. The van der Waals surface area contributed by atoms with Crippen molar-refractivity contribution in [2.75, 3.05) is 33.6 Å². The number of halogens is 2. The lowest BCUT2D eigenvalue weighted by atomic mass is 9.77. The maximum Gasteiger partial charge on any atom is 0.326 e. The van der Waals surface area contributed by atoms with Crippen molar-refractivity contribution >= 4 is 5.97 Å². The molecule has 0 saturated carbocycles. The average molecular weight is 372 g/mol. The Bertz CT molecular complexity index is 565. The molecular formula is C19H30F2N2O3. The number of ether oxygens (including phenoxy) is 1. The third-order valence-electron chi connectivity index (χ3n) is 7.89. The lowest BCUT2D eigenvalue weighted by molar-refractivity contribution is -0.154. The number of esters is 1. The third-order valence-corrected chi connectivity index (χ3v) is 7.89. The topological polar surface area (TPSA) is 53.0 Å². The summed E-state index contributed by atoms with van der Waals surface area (Å²) in [5.41, 5.74) is -1.15. The van der Waals surface area contributed by atoms with Crippen LogP contribution >= 0.6 is 0 Å². The minimum Gasteiger partial charge on any atom is -0.468 e. The summed E-state index contributed by atoms with van der Waals surface area (Å²) in [7, 11) is 1.40. The summed E-state index contributed by atoms with van der Waals surface area (Å²) in [6, 6.07) is -0.451. The molecule has 4 saturated heterocycles. The molecule has 4 aliphatic heterocycles. The largest absolute Gasteiger partial charge is 0.468 e. The number of methoxy groups -OCH3 is 1. The third kappa shape index (κ3) is 2.26. The van der Waals surface area contributed by atoms with Crippen LogP contribution in [0.25, 0.3) is 0 Å². The van der Waals surface area contributed by atoms with Crippen LogP contribution in [-0.2, 0) is 9.53 Å². The molecule has 0 aliphatic carbocycles. The van der Waals surface area contributed by atoms with Gasteiger partial charge in [-0.15, -0.1) is 0 Å². The van der Waals surface area contributed by atoms with E-state index in [4.69, 9.17) is 4.74 Å². The van der Waals surface area contributed by atoms with Crippen molar-refractivity contribution in [2.45, 2.75) is 74.1 Å². The lowest BCUT2D eigenvalue weighted by Crippen LogP contribution is -2.58. The highest BCUT2D eigenvalue weighted by atomic mass is 19.1. The van der Waals surface area contributed by atoms with Gasteiger partial charge in [-0.05, 0) is 57.4 Å². The Morgan fingerprint density at radius 1 is 1.19 bits per heavy atom. The Hall–Kier alpha value is -0.790. The Morgan fingerprint density at radius 2 is 1.92 bits per heavy atom.